The molecule has 0 aliphatic heterocycles. The Kier molecular flexibility index (Phi) is 11.1. The summed E-state index contributed by atoms with van der Waals surface area (Å²) in [6.45, 7) is 2.31. The van der Waals surface area contributed by atoms with E-state index in [1.54, 1.807) is 0 Å². The average molecular weight is 364 g/mol. The van der Waals surface area contributed by atoms with Crippen LogP contribution < -0.4 is 0 Å². The van der Waals surface area contributed by atoms with Gasteiger partial charge < -0.3 is 9.79 Å². The van der Waals surface area contributed by atoms with E-state index in [1.807, 2.05) is 12.1 Å². The maximum atomic E-state index is 10.2. The van der Waals surface area contributed by atoms with Gasteiger partial charge in [0.25, 0.3) is 0 Å². The van der Waals surface area contributed by atoms with Gasteiger partial charge in [-0.1, -0.05) is 99.7 Å². The number of hydrogen-bond acceptors (Lipinski definition) is 2. The Morgan fingerprint density at radius 2 is 1.20 bits per heavy atom. The Morgan fingerprint density at radius 1 is 0.760 bits per heavy atom. The number of rotatable bonds is 9. The Balaban J connectivity index is 0.000000250. The van der Waals surface area contributed by atoms with Crippen LogP contribution in [0.15, 0.2) is 60.7 Å². The van der Waals surface area contributed by atoms with Gasteiger partial charge in [-0.25, -0.2) is 4.57 Å². The number of unbranched alkanes of at least 4 members (excludes halogenated alkanes) is 5. The molecule has 0 aliphatic rings. The van der Waals surface area contributed by atoms with E-state index in [0.29, 0.717) is 0 Å². The second-order valence-electron chi connectivity index (χ2n) is 5.82. The molecule has 0 aromatic heterocycles. The third-order valence-corrected chi connectivity index (χ3v) is 4.16. The first-order chi connectivity index (χ1) is 12.0. The third kappa shape index (κ3) is 11.7. The number of hydrogen-bond donors (Lipinski definition) is 2. The molecule has 0 aliphatic carbocycles. The normalized spacial score (nSPS) is 10.8. The summed E-state index contributed by atoms with van der Waals surface area (Å²) in [5, 5.41) is 0. The highest BCUT2D eigenvalue weighted by Gasteiger charge is 2.12. The third-order valence-electron chi connectivity index (χ3n) is 3.64. The van der Waals surface area contributed by atoms with Gasteiger partial charge in [-0.2, -0.15) is 0 Å². The van der Waals surface area contributed by atoms with Crippen LogP contribution in [0.1, 0.15) is 45.4 Å². The number of phosphoric acid groups is 1. The van der Waals surface area contributed by atoms with Crippen LogP contribution in [0, 0.1) is 0 Å². The highest BCUT2D eigenvalue weighted by molar-refractivity contribution is 7.46. The Hall–Kier alpha value is -1.45. The van der Waals surface area contributed by atoms with E-state index in [9.17, 15) is 4.57 Å². The van der Waals surface area contributed by atoms with Crippen LogP contribution in [-0.2, 0) is 9.09 Å². The molecule has 2 N–H and O–H groups in total. The predicted molar refractivity (Wildman–Crippen MR) is 103 cm³/mol. The number of benzene rings is 2. The molecule has 4 nitrogen and oxygen atoms in total. The van der Waals surface area contributed by atoms with Gasteiger partial charge in [0.2, 0.25) is 0 Å². The minimum absolute atomic E-state index is 0.163. The van der Waals surface area contributed by atoms with Gasteiger partial charge in [0, 0.05) is 0 Å². The molecule has 0 atom stereocenters. The first-order valence-corrected chi connectivity index (χ1v) is 10.4. The second-order valence-corrected chi connectivity index (χ2v) is 7.06. The van der Waals surface area contributed by atoms with Gasteiger partial charge in [-0.3, -0.25) is 4.52 Å². The molecule has 0 heterocycles. The molecule has 0 spiro atoms. The van der Waals surface area contributed by atoms with Crippen molar-refractivity contribution in [1.29, 1.82) is 0 Å². The molecule has 25 heavy (non-hydrogen) atoms. The molecule has 5 heteroatoms. The second kappa shape index (κ2) is 12.8. The molecule has 0 fully saturated rings. The van der Waals surface area contributed by atoms with Gasteiger partial charge in [-0.15, -0.1) is 0 Å². The summed E-state index contributed by atoms with van der Waals surface area (Å²) in [6.07, 6.45) is 6.48. The molecule has 2 aromatic carbocycles. The van der Waals surface area contributed by atoms with Gasteiger partial charge in [0.1, 0.15) is 0 Å². The molecular weight excluding hydrogens is 335 g/mol. The summed E-state index contributed by atoms with van der Waals surface area (Å²) in [4.78, 5) is 16.7. The zero-order chi connectivity index (χ0) is 18.4. The standard InChI is InChI=1S/C12H10.C8H19O4P/c1-3-7-11(8-4-1)12-9-5-2-6-10-12;1-2-3-4-5-6-7-8-12-13(9,10)11/h1-10H;2-8H2,1H3,(H2,9,10,11). The van der Waals surface area contributed by atoms with E-state index in [1.165, 1.54) is 30.4 Å². The number of phosphoric ester groups is 1. The molecule has 2 aromatic rings. The smallest absolute Gasteiger partial charge is 0.303 e. The maximum Gasteiger partial charge on any atom is 0.469 e. The summed E-state index contributed by atoms with van der Waals surface area (Å²) in [7, 11) is -4.23. The van der Waals surface area contributed by atoms with Crippen molar-refractivity contribution in [2.45, 2.75) is 45.4 Å². The average Bonchev–Trinajstić information content (AvgIpc) is 2.62. The molecule has 0 saturated heterocycles. The van der Waals surface area contributed by atoms with Crippen LogP contribution in [0.5, 0.6) is 0 Å². The lowest BCUT2D eigenvalue weighted by atomic mass is 10.1. The molecule has 0 radical (unpaired) electrons. The van der Waals surface area contributed by atoms with Crippen molar-refractivity contribution in [3.05, 3.63) is 60.7 Å². The van der Waals surface area contributed by atoms with E-state index in [4.69, 9.17) is 9.79 Å². The van der Waals surface area contributed by atoms with E-state index in [2.05, 4.69) is 60.0 Å². The van der Waals surface area contributed by atoms with Gasteiger partial charge >= 0.3 is 7.82 Å². The predicted octanol–water partition coefficient (Wildman–Crippen LogP) is 5.81. The summed E-state index contributed by atoms with van der Waals surface area (Å²) in [5.74, 6) is 0. The minimum atomic E-state index is -4.23. The van der Waals surface area contributed by atoms with Crippen LogP contribution in [0.2, 0.25) is 0 Å². The van der Waals surface area contributed by atoms with Gasteiger partial charge in [0.15, 0.2) is 0 Å². The molecule has 0 bridgehead atoms. The van der Waals surface area contributed by atoms with Crippen molar-refractivity contribution in [2.24, 2.45) is 0 Å². The lowest BCUT2D eigenvalue weighted by molar-refractivity contribution is 0.193. The molecular formula is C20H29O4P. The first kappa shape index (κ1) is 21.6. The molecule has 138 valence electrons. The Labute approximate surface area is 151 Å². The molecule has 2 rings (SSSR count). The van der Waals surface area contributed by atoms with Gasteiger partial charge in [0.05, 0.1) is 6.61 Å². The fourth-order valence-electron chi connectivity index (χ4n) is 2.33. The zero-order valence-electron chi connectivity index (χ0n) is 14.9. The SMILES string of the molecule is CCCCCCCCOP(=O)(O)O.c1ccc(-c2ccccc2)cc1. The lowest BCUT2D eigenvalue weighted by Gasteiger charge is -2.04. The van der Waals surface area contributed by atoms with Gasteiger partial charge in [-0.05, 0) is 17.5 Å². The Bertz CT molecular complexity index is 558. The zero-order valence-corrected chi connectivity index (χ0v) is 15.8. The quantitative estimate of drug-likeness (QED) is 0.435. The van der Waals surface area contributed by atoms with Crippen LogP contribution in [0.4, 0.5) is 0 Å². The van der Waals surface area contributed by atoms with Crippen molar-refractivity contribution in [1.82, 2.24) is 0 Å². The van der Waals surface area contributed by atoms with E-state index < -0.39 is 7.82 Å². The van der Waals surface area contributed by atoms with Crippen molar-refractivity contribution < 1.29 is 18.9 Å². The molecule has 0 saturated carbocycles. The highest BCUT2D eigenvalue weighted by atomic mass is 31.2. The van der Waals surface area contributed by atoms with Crippen molar-refractivity contribution in [3.8, 4) is 11.1 Å². The van der Waals surface area contributed by atoms with Crippen molar-refractivity contribution >= 4 is 7.82 Å². The summed E-state index contributed by atoms with van der Waals surface area (Å²) < 4.78 is 14.5. The van der Waals surface area contributed by atoms with Crippen LogP contribution >= 0.6 is 7.82 Å². The minimum Gasteiger partial charge on any atom is -0.303 e. The van der Waals surface area contributed by atoms with Crippen molar-refractivity contribution in [3.63, 3.8) is 0 Å². The van der Waals surface area contributed by atoms with E-state index >= 15 is 0 Å². The van der Waals surface area contributed by atoms with E-state index in [-0.39, 0.29) is 6.61 Å². The summed E-state index contributed by atoms with van der Waals surface area (Å²) in [6, 6.07) is 20.8. The fourth-order valence-corrected chi connectivity index (χ4v) is 2.69. The van der Waals surface area contributed by atoms with Crippen molar-refractivity contribution in [2.75, 3.05) is 6.61 Å². The molecule has 0 amide bonds. The fraction of sp³-hybridized carbons (Fsp3) is 0.400. The highest BCUT2D eigenvalue weighted by Crippen LogP contribution is 2.35. The maximum absolute atomic E-state index is 10.2. The summed E-state index contributed by atoms with van der Waals surface area (Å²) >= 11 is 0. The van der Waals surface area contributed by atoms with Crippen LogP contribution in [0.3, 0.4) is 0 Å². The monoisotopic (exact) mass is 364 g/mol. The van der Waals surface area contributed by atoms with Crippen LogP contribution in [-0.4, -0.2) is 16.4 Å². The Morgan fingerprint density at radius 3 is 1.64 bits per heavy atom. The largest absolute Gasteiger partial charge is 0.469 e. The molecule has 0 unspecified atom stereocenters. The first-order valence-electron chi connectivity index (χ1n) is 8.83. The van der Waals surface area contributed by atoms with Crippen LogP contribution in [0.25, 0.3) is 11.1 Å². The summed E-state index contributed by atoms with van der Waals surface area (Å²) in [5.41, 5.74) is 2.55. The van der Waals surface area contributed by atoms with E-state index in [0.717, 1.165) is 19.3 Å². The lowest BCUT2D eigenvalue weighted by Crippen LogP contribution is -1.92. The topological polar surface area (TPSA) is 66.8 Å².